The third kappa shape index (κ3) is 4.95. The number of nitrogens with zero attached hydrogens (tertiary/aromatic N) is 1. The third-order valence-corrected chi connectivity index (χ3v) is 6.66. The molecule has 1 fully saturated rings. The van der Waals surface area contributed by atoms with E-state index in [0.717, 1.165) is 11.1 Å². The Labute approximate surface area is 215 Å². The van der Waals surface area contributed by atoms with Crippen molar-refractivity contribution in [3.8, 4) is 11.5 Å². The first kappa shape index (κ1) is 25.3. The van der Waals surface area contributed by atoms with Gasteiger partial charge in [-0.3, -0.25) is 9.59 Å². The van der Waals surface area contributed by atoms with E-state index < -0.39 is 17.7 Å². The molecule has 0 bridgehead atoms. The molecule has 4 rings (SSSR count). The van der Waals surface area contributed by atoms with Crippen LogP contribution in [0.4, 0.5) is 0 Å². The van der Waals surface area contributed by atoms with Gasteiger partial charge >= 0.3 is 0 Å². The first-order chi connectivity index (χ1) is 17.2. The molecule has 3 aromatic carbocycles. The number of aromatic hydroxyl groups is 1. The second-order valence-electron chi connectivity index (χ2n) is 9.08. The highest BCUT2D eigenvalue weighted by molar-refractivity contribution is 6.46. The lowest BCUT2D eigenvalue weighted by Crippen LogP contribution is -2.31. The van der Waals surface area contributed by atoms with Gasteiger partial charge in [0.2, 0.25) is 0 Å². The molecule has 7 heteroatoms. The largest absolute Gasteiger partial charge is 0.508 e. The lowest BCUT2D eigenvalue weighted by molar-refractivity contribution is -0.139. The Morgan fingerprint density at radius 2 is 1.78 bits per heavy atom. The number of Topliss-reactive ketones (excluding diaryl/α,β-unsaturated/α-hetero) is 1. The van der Waals surface area contributed by atoms with Crippen molar-refractivity contribution in [2.75, 3.05) is 13.7 Å². The number of phenolic OH excluding ortho intramolecular Hbond substituents is 1. The van der Waals surface area contributed by atoms with Crippen molar-refractivity contribution in [3.05, 3.63) is 99.6 Å². The van der Waals surface area contributed by atoms with Gasteiger partial charge in [0.25, 0.3) is 11.7 Å². The maximum atomic E-state index is 13.3. The Morgan fingerprint density at radius 1 is 1.06 bits per heavy atom. The highest BCUT2D eigenvalue weighted by atomic mass is 35.5. The predicted molar refractivity (Wildman–Crippen MR) is 139 cm³/mol. The average molecular weight is 506 g/mol. The van der Waals surface area contributed by atoms with Crippen LogP contribution in [0.1, 0.15) is 48.1 Å². The number of aliphatic hydroxyl groups excluding tert-OH is 1. The van der Waals surface area contributed by atoms with Crippen molar-refractivity contribution in [1.29, 1.82) is 0 Å². The summed E-state index contributed by atoms with van der Waals surface area (Å²) in [5.41, 5.74) is 2.76. The fourth-order valence-electron chi connectivity index (χ4n) is 4.54. The molecule has 0 aromatic heterocycles. The van der Waals surface area contributed by atoms with Crippen LogP contribution in [0.25, 0.3) is 5.76 Å². The van der Waals surface area contributed by atoms with Crippen LogP contribution >= 0.6 is 11.6 Å². The van der Waals surface area contributed by atoms with E-state index >= 15 is 0 Å². The molecule has 1 aliphatic rings. The Balaban J connectivity index is 1.81. The maximum absolute atomic E-state index is 13.3. The Kier molecular flexibility index (Phi) is 7.36. The van der Waals surface area contributed by atoms with E-state index in [1.54, 1.807) is 49.6 Å². The summed E-state index contributed by atoms with van der Waals surface area (Å²) in [4.78, 5) is 27.9. The minimum atomic E-state index is -0.853. The van der Waals surface area contributed by atoms with Gasteiger partial charge in [0.15, 0.2) is 0 Å². The van der Waals surface area contributed by atoms with Crippen LogP contribution in [0.15, 0.2) is 72.3 Å². The molecule has 1 heterocycles. The zero-order chi connectivity index (χ0) is 26.0. The van der Waals surface area contributed by atoms with Crippen molar-refractivity contribution in [2.24, 2.45) is 0 Å². The molecule has 1 amide bonds. The van der Waals surface area contributed by atoms with E-state index in [0.29, 0.717) is 28.3 Å². The quantitative estimate of drug-likeness (QED) is 0.239. The molecule has 1 unspecified atom stereocenters. The molecule has 1 saturated heterocycles. The molecule has 0 aliphatic carbocycles. The summed E-state index contributed by atoms with van der Waals surface area (Å²) in [6.45, 7) is 4.25. The van der Waals surface area contributed by atoms with Gasteiger partial charge in [-0.15, -0.1) is 0 Å². The molecular formula is C29H28ClNO5. The minimum absolute atomic E-state index is 0.00216. The smallest absolute Gasteiger partial charge is 0.295 e. The van der Waals surface area contributed by atoms with Gasteiger partial charge in [0.1, 0.15) is 17.3 Å². The van der Waals surface area contributed by atoms with Crippen LogP contribution in [-0.2, 0) is 16.0 Å². The zero-order valence-electron chi connectivity index (χ0n) is 20.4. The number of rotatable bonds is 7. The number of carbonyl (C=O) groups is 2. The van der Waals surface area contributed by atoms with E-state index in [1.165, 1.54) is 17.0 Å². The van der Waals surface area contributed by atoms with E-state index in [-0.39, 0.29) is 29.5 Å². The average Bonchev–Trinajstić information content (AvgIpc) is 3.12. The van der Waals surface area contributed by atoms with Crippen LogP contribution in [0.5, 0.6) is 11.5 Å². The molecule has 6 nitrogen and oxygen atoms in total. The van der Waals surface area contributed by atoms with E-state index in [4.69, 9.17) is 16.3 Å². The van der Waals surface area contributed by atoms with Crippen molar-refractivity contribution in [1.82, 2.24) is 4.90 Å². The molecule has 1 aliphatic heterocycles. The second-order valence-corrected chi connectivity index (χ2v) is 9.51. The van der Waals surface area contributed by atoms with Gasteiger partial charge in [-0.05, 0) is 71.5 Å². The van der Waals surface area contributed by atoms with Crippen LogP contribution in [0.2, 0.25) is 5.02 Å². The fraction of sp³-hybridized carbons (Fsp3) is 0.241. The van der Waals surface area contributed by atoms with Gasteiger partial charge in [0, 0.05) is 17.1 Å². The molecule has 36 heavy (non-hydrogen) atoms. The fourth-order valence-corrected chi connectivity index (χ4v) is 4.67. The van der Waals surface area contributed by atoms with Gasteiger partial charge in [-0.2, -0.15) is 0 Å². The van der Waals surface area contributed by atoms with E-state index in [9.17, 15) is 19.8 Å². The topological polar surface area (TPSA) is 87.1 Å². The number of ketones is 1. The summed E-state index contributed by atoms with van der Waals surface area (Å²) in [7, 11) is 1.58. The SMILES string of the molecule is COc1ccc(/C(O)=C2/C(=O)C(=O)N(CCc3ccc(Cl)cc3)C2c2cccc(O)c2)cc1C(C)C. The lowest BCUT2D eigenvalue weighted by Gasteiger charge is -2.25. The van der Waals surface area contributed by atoms with Crippen molar-refractivity contribution >= 4 is 29.1 Å². The highest BCUT2D eigenvalue weighted by Gasteiger charge is 2.46. The van der Waals surface area contributed by atoms with E-state index in [1.807, 2.05) is 26.0 Å². The zero-order valence-corrected chi connectivity index (χ0v) is 21.1. The highest BCUT2D eigenvalue weighted by Crippen LogP contribution is 2.41. The molecule has 0 radical (unpaired) electrons. The van der Waals surface area contributed by atoms with Crippen LogP contribution in [0.3, 0.4) is 0 Å². The number of benzene rings is 3. The number of carbonyl (C=O) groups excluding carboxylic acids is 2. The van der Waals surface area contributed by atoms with Crippen LogP contribution in [-0.4, -0.2) is 40.5 Å². The van der Waals surface area contributed by atoms with Gasteiger partial charge in [-0.1, -0.05) is 49.7 Å². The number of amides is 1. The van der Waals surface area contributed by atoms with Crippen molar-refractivity contribution in [2.45, 2.75) is 32.2 Å². The van der Waals surface area contributed by atoms with E-state index in [2.05, 4.69) is 0 Å². The molecule has 2 N–H and O–H groups in total. The number of likely N-dealkylation sites (tertiary alicyclic amines) is 1. The predicted octanol–water partition coefficient (Wildman–Crippen LogP) is 5.84. The molecule has 0 spiro atoms. The van der Waals surface area contributed by atoms with Crippen LogP contribution < -0.4 is 4.74 Å². The Morgan fingerprint density at radius 3 is 2.42 bits per heavy atom. The minimum Gasteiger partial charge on any atom is -0.508 e. The maximum Gasteiger partial charge on any atom is 0.295 e. The summed E-state index contributed by atoms with van der Waals surface area (Å²) in [5.74, 6) is -0.941. The number of methoxy groups -OCH3 is 1. The lowest BCUT2D eigenvalue weighted by atomic mass is 9.93. The monoisotopic (exact) mass is 505 g/mol. The number of hydrogen-bond acceptors (Lipinski definition) is 5. The molecule has 0 saturated carbocycles. The summed E-state index contributed by atoms with van der Waals surface area (Å²) in [6, 6.07) is 18.0. The van der Waals surface area contributed by atoms with Gasteiger partial charge in [0.05, 0.1) is 18.7 Å². The standard InChI is InChI=1S/C29H28ClNO5/c1-17(2)23-16-20(9-12-24(23)36-3)27(33)25-26(19-5-4-6-22(32)15-19)31(29(35)28(25)34)14-13-18-7-10-21(30)11-8-18/h4-12,15-17,26,32-33H,13-14H2,1-3H3/b27-25-. The molecule has 1 atom stereocenters. The number of ether oxygens (including phenoxy) is 1. The van der Waals surface area contributed by atoms with Crippen LogP contribution in [0, 0.1) is 0 Å². The van der Waals surface area contributed by atoms with Gasteiger partial charge < -0.3 is 19.8 Å². The summed E-state index contributed by atoms with van der Waals surface area (Å²) >= 11 is 5.99. The Hall–Kier alpha value is -3.77. The third-order valence-electron chi connectivity index (χ3n) is 6.41. The first-order valence-corrected chi connectivity index (χ1v) is 12.1. The summed E-state index contributed by atoms with van der Waals surface area (Å²) in [6.07, 6.45) is 0.486. The molecular weight excluding hydrogens is 478 g/mol. The molecule has 3 aromatic rings. The summed E-state index contributed by atoms with van der Waals surface area (Å²) in [5, 5.41) is 22.1. The molecule has 186 valence electrons. The second kappa shape index (κ2) is 10.5. The van der Waals surface area contributed by atoms with Crippen molar-refractivity contribution in [3.63, 3.8) is 0 Å². The Bertz CT molecular complexity index is 1330. The van der Waals surface area contributed by atoms with Gasteiger partial charge in [-0.25, -0.2) is 0 Å². The normalized spacial score (nSPS) is 17.1. The summed E-state index contributed by atoms with van der Waals surface area (Å²) < 4.78 is 5.44. The number of aliphatic hydroxyl groups is 1. The number of phenols is 1. The number of hydrogen-bond donors (Lipinski definition) is 2. The first-order valence-electron chi connectivity index (χ1n) is 11.7. The number of halogens is 1. The van der Waals surface area contributed by atoms with Crippen molar-refractivity contribution < 1.29 is 24.5 Å².